The molecule has 0 amide bonds. The zero-order valence-electron chi connectivity index (χ0n) is 11.4. The largest absolute Gasteiger partial charge is 0.341 e. The first-order chi connectivity index (χ1) is 9.10. The first kappa shape index (κ1) is 14.5. The van der Waals surface area contributed by atoms with Gasteiger partial charge < -0.3 is 10.6 Å². The number of rotatable bonds is 2. The number of sulfonamides is 1. The molecule has 1 fully saturated rings. The molecule has 6 heteroatoms. The molecule has 1 aromatic carbocycles. The minimum atomic E-state index is -3.34. The standard InChI is InChI=1S/C13H21N3O2S/c1-12-2-4-13(5-3-12)19(17,18)16-10-8-14-6-7-15-9-11-16/h2-5,14-15H,6-11H2,1H3/p+2. The van der Waals surface area contributed by atoms with Crippen LogP contribution in [0.15, 0.2) is 29.2 Å². The van der Waals surface area contributed by atoms with E-state index in [2.05, 4.69) is 10.6 Å². The quantitative estimate of drug-likeness (QED) is 0.668. The van der Waals surface area contributed by atoms with Crippen molar-refractivity contribution < 1.29 is 19.1 Å². The van der Waals surface area contributed by atoms with Crippen molar-refractivity contribution in [3.8, 4) is 0 Å². The summed E-state index contributed by atoms with van der Waals surface area (Å²) in [4.78, 5) is 0.400. The van der Waals surface area contributed by atoms with E-state index < -0.39 is 10.0 Å². The van der Waals surface area contributed by atoms with Gasteiger partial charge in [0.25, 0.3) is 0 Å². The molecule has 106 valence electrons. The third kappa shape index (κ3) is 3.76. The lowest BCUT2D eigenvalue weighted by atomic mass is 10.2. The van der Waals surface area contributed by atoms with E-state index in [1.165, 1.54) is 0 Å². The summed E-state index contributed by atoms with van der Waals surface area (Å²) in [6.07, 6.45) is 0. The average molecular weight is 285 g/mol. The molecular formula is C13H23N3O2S+2. The van der Waals surface area contributed by atoms with Gasteiger partial charge >= 0.3 is 0 Å². The number of nitrogens with zero attached hydrogens (tertiary/aromatic N) is 1. The molecule has 0 radical (unpaired) electrons. The van der Waals surface area contributed by atoms with Crippen molar-refractivity contribution >= 4 is 10.0 Å². The third-order valence-corrected chi connectivity index (χ3v) is 5.31. The van der Waals surface area contributed by atoms with E-state index in [0.29, 0.717) is 18.0 Å². The maximum absolute atomic E-state index is 12.6. The average Bonchev–Trinajstić information content (AvgIpc) is 2.52. The Morgan fingerprint density at radius 1 is 0.947 bits per heavy atom. The lowest BCUT2D eigenvalue weighted by Crippen LogP contribution is -2.94. The molecule has 1 aromatic rings. The Hall–Kier alpha value is -0.950. The van der Waals surface area contributed by atoms with Crippen molar-refractivity contribution in [3.05, 3.63) is 29.8 Å². The number of hydrogen-bond donors (Lipinski definition) is 2. The predicted molar refractivity (Wildman–Crippen MR) is 73.3 cm³/mol. The lowest BCUT2D eigenvalue weighted by molar-refractivity contribution is -0.718. The molecule has 4 N–H and O–H groups in total. The fourth-order valence-corrected chi connectivity index (χ4v) is 3.68. The van der Waals surface area contributed by atoms with Gasteiger partial charge in [-0.05, 0) is 19.1 Å². The Morgan fingerprint density at radius 2 is 1.47 bits per heavy atom. The zero-order chi connectivity index (χ0) is 13.7. The van der Waals surface area contributed by atoms with Crippen LogP contribution in [0.3, 0.4) is 0 Å². The molecule has 0 aliphatic carbocycles. The minimum absolute atomic E-state index is 0.400. The van der Waals surface area contributed by atoms with Gasteiger partial charge in [-0.25, -0.2) is 8.42 Å². The van der Waals surface area contributed by atoms with Gasteiger partial charge in [0.2, 0.25) is 10.0 Å². The van der Waals surface area contributed by atoms with E-state index >= 15 is 0 Å². The van der Waals surface area contributed by atoms with Crippen LogP contribution in [0, 0.1) is 6.92 Å². The van der Waals surface area contributed by atoms with Crippen molar-refractivity contribution in [3.63, 3.8) is 0 Å². The van der Waals surface area contributed by atoms with E-state index in [4.69, 9.17) is 0 Å². The summed E-state index contributed by atoms with van der Waals surface area (Å²) in [7, 11) is -3.34. The van der Waals surface area contributed by atoms with Crippen molar-refractivity contribution in [2.75, 3.05) is 39.3 Å². The fraction of sp³-hybridized carbons (Fsp3) is 0.538. The molecule has 0 aromatic heterocycles. The van der Waals surface area contributed by atoms with E-state index in [0.717, 1.165) is 31.7 Å². The second-order valence-corrected chi connectivity index (χ2v) is 6.89. The lowest BCUT2D eigenvalue weighted by Gasteiger charge is -2.19. The Balaban J connectivity index is 2.18. The van der Waals surface area contributed by atoms with Gasteiger partial charge in [-0.2, -0.15) is 4.31 Å². The van der Waals surface area contributed by atoms with Crippen LogP contribution in [-0.2, 0) is 10.0 Å². The summed E-state index contributed by atoms with van der Waals surface area (Å²) in [6.45, 7) is 6.91. The van der Waals surface area contributed by atoms with Gasteiger partial charge in [0.15, 0.2) is 0 Å². The Morgan fingerprint density at radius 3 is 2.00 bits per heavy atom. The molecule has 0 unspecified atom stereocenters. The van der Waals surface area contributed by atoms with Crippen LogP contribution in [-0.4, -0.2) is 52.0 Å². The number of nitrogens with two attached hydrogens (primary N) is 2. The van der Waals surface area contributed by atoms with Crippen LogP contribution >= 0.6 is 0 Å². The second kappa shape index (κ2) is 6.47. The highest BCUT2D eigenvalue weighted by molar-refractivity contribution is 7.89. The SMILES string of the molecule is Cc1ccc(S(=O)(=O)N2CC[NH2+]CC[NH2+]CC2)cc1. The molecule has 0 atom stereocenters. The van der Waals surface area contributed by atoms with Crippen molar-refractivity contribution in [1.82, 2.24) is 4.31 Å². The first-order valence-electron chi connectivity index (χ1n) is 6.81. The highest BCUT2D eigenvalue weighted by Gasteiger charge is 2.25. The van der Waals surface area contributed by atoms with Gasteiger partial charge in [-0.1, -0.05) is 17.7 Å². The number of benzene rings is 1. The Kier molecular flexibility index (Phi) is 4.93. The van der Waals surface area contributed by atoms with E-state index in [9.17, 15) is 8.42 Å². The maximum Gasteiger partial charge on any atom is 0.243 e. The first-order valence-corrected chi connectivity index (χ1v) is 8.25. The molecule has 5 nitrogen and oxygen atoms in total. The summed E-state index contributed by atoms with van der Waals surface area (Å²) in [5.74, 6) is 0. The van der Waals surface area contributed by atoms with Gasteiger partial charge in [0.05, 0.1) is 31.1 Å². The Labute approximate surface area is 115 Å². The summed E-state index contributed by atoms with van der Waals surface area (Å²) in [5.41, 5.74) is 1.07. The van der Waals surface area contributed by atoms with E-state index in [-0.39, 0.29) is 0 Å². The van der Waals surface area contributed by atoms with Gasteiger partial charge in [0, 0.05) is 0 Å². The topological polar surface area (TPSA) is 70.6 Å². The fourth-order valence-electron chi connectivity index (χ4n) is 2.21. The number of hydrogen-bond acceptors (Lipinski definition) is 2. The van der Waals surface area contributed by atoms with Gasteiger partial charge in [0.1, 0.15) is 13.1 Å². The summed E-state index contributed by atoms with van der Waals surface area (Å²) in [5, 5.41) is 4.36. The zero-order valence-corrected chi connectivity index (χ0v) is 12.2. The molecule has 0 bridgehead atoms. The van der Waals surface area contributed by atoms with Crippen molar-refractivity contribution in [2.45, 2.75) is 11.8 Å². The van der Waals surface area contributed by atoms with Crippen LogP contribution in [0.2, 0.25) is 0 Å². The molecule has 0 spiro atoms. The van der Waals surface area contributed by atoms with Gasteiger partial charge in [-0.3, -0.25) is 0 Å². The normalized spacial score (nSPS) is 19.4. The molecule has 2 rings (SSSR count). The van der Waals surface area contributed by atoms with E-state index in [1.54, 1.807) is 16.4 Å². The van der Waals surface area contributed by atoms with E-state index in [1.807, 2.05) is 19.1 Å². The van der Waals surface area contributed by atoms with Gasteiger partial charge in [-0.15, -0.1) is 0 Å². The van der Waals surface area contributed by atoms with Crippen molar-refractivity contribution in [2.24, 2.45) is 0 Å². The monoisotopic (exact) mass is 285 g/mol. The smallest absolute Gasteiger partial charge is 0.243 e. The van der Waals surface area contributed by atoms with Crippen LogP contribution in [0.5, 0.6) is 0 Å². The maximum atomic E-state index is 12.6. The summed E-state index contributed by atoms with van der Waals surface area (Å²) in [6, 6.07) is 7.10. The number of quaternary nitrogens is 2. The van der Waals surface area contributed by atoms with Crippen LogP contribution < -0.4 is 10.6 Å². The van der Waals surface area contributed by atoms with Crippen LogP contribution in [0.25, 0.3) is 0 Å². The van der Waals surface area contributed by atoms with Crippen molar-refractivity contribution in [1.29, 1.82) is 0 Å². The molecular weight excluding hydrogens is 262 g/mol. The molecule has 1 saturated heterocycles. The molecule has 0 saturated carbocycles. The molecule has 1 heterocycles. The molecule has 1 aliphatic rings. The highest BCUT2D eigenvalue weighted by atomic mass is 32.2. The third-order valence-electron chi connectivity index (χ3n) is 3.40. The van der Waals surface area contributed by atoms with Crippen LogP contribution in [0.4, 0.5) is 0 Å². The molecule has 1 aliphatic heterocycles. The molecule has 19 heavy (non-hydrogen) atoms. The second-order valence-electron chi connectivity index (χ2n) is 4.95. The van der Waals surface area contributed by atoms with Crippen LogP contribution in [0.1, 0.15) is 5.56 Å². The Bertz CT molecular complexity index is 489. The predicted octanol–water partition coefficient (Wildman–Crippen LogP) is -1.87. The number of aryl methyl sites for hydroxylation is 1. The summed E-state index contributed by atoms with van der Waals surface area (Å²) >= 11 is 0. The highest BCUT2D eigenvalue weighted by Crippen LogP contribution is 2.15. The minimum Gasteiger partial charge on any atom is -0.341 e. The summed E-state index contributed by atoms with van der Waals surface area (Å²) < 4.78 is 26.8.